The van der Waals surface area contributed by atoms with Crippen LogP contribution in [-0.2, 0) is 19.5 Å². The van der Waals surface area contributed by atoms with Crippen LogP contribution in [0.2, 0.25) is 0 Å². The minimum absolute atomic E-state index is 0. The first-order valence-electron chi connectivity index (χ1n) is 5.47. The van der Waals surface area contributed by atoms with Gasteiger partial charge in [0.15, 0.2) is 0 Å². The van der Waals surface area contributed by atoms with Gasteiger partial charge in [-0.15, -0.1) is 0 Å². The van der Waals surface area contributed by atoms with Crippen LogP contribution >= 0.6 is 0 Å². The second-order valence-electron chi connectivity index (χ2n) is 4.18. The molecule has 1 fully saturated rings. The molecule has 1 aliphatic rings. The monoisotopic (exact) mass is 336 g/mol. The van der Waals surface area contributed by atoms with Crippen LogP contribution in [-0.4, -0.2) is 0 Å². The quantitative estimate of drug-likeness (QED) is 0.709. The molecule has 0 spiro atoms. The fraction of sp³-hybridized carbons (Fsp3) is 0.200. The van der Waals surface area contributed by atoms with Gasteiger partial charge in [-0.3, -0.25) is 0 Å². The second-order valence-corrected chi connectivity index (χ2v) is 4.18. The molecule has 0 bridgehead atoms. The predicted molar refractivity (Wildman–Crippen MR) is 61.8 cm³/mol. The van der Waals surface area contributed by atoms with Gasteiger partial charge in [-0.25, -0.2) is 0 Å². The van der Waals surface area contributed by atoms with Crippen molar-refractivity contribution < 1.29 is 36.5 Å². The summed E-state index contributed by atoms with van der Waals surface area (Å²) in [4.78, 5) is 0. The van der Waals surface area contributed by atoms with Gasteiger partial charge in [-0.1, -0.05) is 54.6 Å². The van der Waals surface area contributed by atoms with E-state index < -0.39 is 0 Å². The predicted octanol–water partition coefficient (Wildman–Crippen LogP) is 0.759. The molecule has 2 heteroatoms. The summed E-state index contributed by atoms with van der Waals surface area (Å²) in [7, 11) is 0. The van der Waals surface area contributed by atoms with Crippen LogP contribution in [0.5, 0.6) is 0 Å². The van der Waals surface area contributed by atoms with E-state index in [4.69, 9.17) is 0 Å². The van der Waals surface area contributed by atoms with Crippen molar-refractivity contribution in [1.82, 2.24) is 0 Å². The van der Waals surface area contributed by atoms with Gasteiger partial charge in [-0.05, 0) is 35.4 Å². The Hall–Kier alpha value is -0.457. The molecular weight excluding hydrogens is 325 g/mol. The minimum atomic E-state index is 0. The standard InChI is InChI=1S/C15H13.BrH.Zn/c1-3-7-12(8-4-1)14-11-15(14)13-9-5-2-6-10-13;;/h1-9,14-15H,11H2;1H;/p-1/t14-,15-;;/m1../s1. The van der Waals surface area contributed by atoms with Gasteiger partial charge in [0.05, 0.1) is 0 Å². The molecule has 0 nitrogen and oxygen atoms in total. The van der Waals surface area contributed by atoms with Gasteiger partial charge in [0, 0.05) is 19.5 Å². The Labute approximate surface area is 126 Å². The van der Waals surface area contributed by atoms with E-state index in [0.717, 1.165) is 5.92 Å². The number of hydrogen-bond acceptors (Lipinski definition) is 0. The first-order chi connectivity index (χ1) is 7.45. The van der Waals surface area contributed by atoms with Crippen molar-refractivity contribution in [2.24, 2.45) is 0 Å². The fourth-order valence-electron chi connectivity index (χ4n) is 2.25. The molecule has 3 rings (SSSR count). The molecule has 2 aromatic rings. The van der Waals surface area contributed by atoms with Gasteiger partial charge in [0.25, 0.3) is 0 Å². The third-order valence-electron chi connectivity index (χ3n) is 3.15. The summed E-state index contributed by atoms with van der Waals surface area (Å²) in [6.07, 6.45) is 1.28. The van der Waals surface area contributed by atoms with Gasteiger partial charge in [0.2, 0.25) is 0 Å². The van der Waals surface area contributed by atoms with Gasteiger partial charge in [0.1, 0.15) is 0 Å². The molecule has 1 radical (unpaired) electrons. The van der Waals surface area contributed by atoms with E-state index in [-0.39, 0.29) is 36.5 Å². The van der Waals surface area contributed by atoms with Crippen molar-refractivity contribution in [2.75, 3.05) is 0 Å². The molecule has 0 aliphatic heterocycles. The van der Waals surface area contributed by atoms with Crippen molar-refractivity contribution in [3.05, 3.63) is 71.8 Å². The zero-order chi connectivity index (χ0) is 10.1. The zero-order valence-corrected chi connectivity index (χ0v) is 14.2. The summed E-state index contributed by atoms with van der Waals surface area (Å²) in [5.74, 6) is 1.43. The van der Waals surface area contributed by atoms with Crippen molar-refractivity contribution in [3.63, 3.8) is 0 Å². The Morgan fingerprint density at radius 1 is 0.882 bits per heavy atom. The average Bonchev–Trinajstić information content (AvgIpc) is 3.11. The molecule has 0 aromatic heterocycles. The summed E-state index contributed by atoms with van der Waals surface area (Å²) in [6.45, 7) is 0. The van der Waals surface area contributed by atoms with Gasteiger partial charge < -0.3 is 17.0 Å². The molecule has 83 valence electrons. The topological polar surface area (TPSA) is 0 Å². The van der Waals surface area contributed by atoms with E-state index in [1.807, 2.05) is 12.1 Å². The number of rotatable bonds is 2. The van der Waals surface area contributed by atoms with Crippen LogP contribution < -0.4 is 17.0 Å². The van der Waals surface area contributed by atoms with Crippen molar-refractivity contribution in [1.29, 1.82) is 0 Å². The van der Waals surface area contributed by atoms with E-state index in [1.165, 1.54) is 17.5 Å². The third-order valence-corrected chi connectivity index (χ3v) is 3.15. The van der Waals surface area contributed by atoms with Crippen LogP contribution in [0.3, 0.4) is 0 Å². The molecule has 1 saturated carbocycles. The smallest absolute Gasteiger partial charge is 0 e. The molecule has 0 N–H and O–H groups in total. The van der Waals surface area contributed by atoms with E-state index in [0.29, 0.717) is 5.92 Å². The summed E-state index contributed by atoms with van der Waals surface area (Å²) >= 11 is 0. The van der Waals surface area contributed by atoms with E-state index in [2.05, 4.69) is 48.5 Å². The summed E-state index contributed by atoms with van der Waals surface area (Å²) in [6, 6.07) is 22.4. The van der Waals surface area contributed by atoms with E-state index in [1.54, 1.807) is 0 Å². The third kappa shape index (κ3) is 3.27. The molecule has 0 amide bonds. The fourth-order valence-corrected chi connectivity index (χ4v) is 2.25. The molecule has 0 heterocycles. The minimum Gasteiger partial charge on any atom is -1.00 e. The maximum Gasteiger partial charge on any atom is 0 e. The summed E-state index contributed by atoms with van der Waals surface area (Å²) in [5.41, 5.74) is 2.84. The first kappa shape index (κ1) is 14.6. The summed E-state index contributed by atoms with van der Waals surface area (Å²) in [5, 5.41) is 0. The Bertz CT molecular complexity index is 397. The molecule has 0 unspecified atom stereocenters. The largest absolute Gasteiger partial charge is 1.00 e. The molecule has 2 atom stereocenters. The van der Waals surface area contributed by atoms with Crippen LogP contribution in [0, 0.1) is 6.07 Å². The Morgan fingerprint density at radius 3 is 2.24 bits per heavy atom. The second kappa shape index (κ2) is 6.47. The number of halogens is 1. The Morgan fingerprint density at radius 2 is 1.59 bits per heavy atom. The average molecular weight is 339 g/mol. The molecule has 17 heavy (non-hydrogen) atoms. The maximum atomic E-state index is 3.33. The van der Waals surface area contributed by atoms with Crippen molar-refractivity contribution in [3.8, 4) is 0 Å². The van der Waals surface area contributed by atoms with Crippen molar-refractivity contribution in [2.45, 2.75) is 18.3 Å². The van der Waals surface area contributed by atoms with Crippen molar-refractivity contribution >= 4 is 0 Å². The molecular formula is C15H13BrZn-. The zero-order valence-electron chi connectivity index (χ0n) is 9.64. The Balaban J connectivity index is 0.000000722. The Kier molecular flexibility index (Phi) is 5.56. The maximum absolute atomic E-state index is 3.33. The van der Waals surface area contributed by atoms with Crippen LogP contribution in [0.1, 0.15) is 29.4 Å². The van der Waals surface area contributed by atoms with Gasteiger partial charge >= 0.3 is 0 Å². The molecule has 0 saturated heterocycles. The van der Waals surface area contributed by atoms with Crippen LogP contribution in [0.15, 0.2) is 54.6 Å². The van der Waals surface area contributed by atoms with Gasteiger partial charge in [-0.2, -0.15) is 0 Å². The summed E-state index contributed by atoms with van der Waals surface area (Å²) < 4.78 is 0. The van der Waals surface area contributed by atoms with Crippen LogP contribution in [0.25, 0.3) is 0 Å². The van der Waals surface area contributed by atoms with E-state index >= 15 is 0 Å². The molecule has 2 aromatic carbocycles. The number of hydrogen-bond donors (Lipinski definition) is 0. The molecule has 1 aliphatic carbocycles. The first-order valence-corrected chi connectivity index (χ1v) is 5.47. The normalized spacial score (nSPS) is 20.9. The van der Waals surface area contributed by atoms with E-state index in [9.17, 15) is 0 Å². The SMILES string of the molecule is [Br-].[Zn].[c]1ccccc1[C@H]1C[C@@H]1c1ccccc1. The van der Waals surface area contributed by atoms with Crippen LogP contribution in [0.4, 0.5) is 0 Å². The number of benzene rings is 2.